The van der Waals surface area contributed by atoms with Gasteiger partial charge < -0.3 is 0 Å². The van der Waals surface area contributed by atoms with E-state index in [1.807, 2.05) is 14.9 Å². The van der Waals surface area contributed by atoms with Gasteiger partial charge in [0.2, 0.25) is 0 Å². The summed E-state index contributed by atoms with van der Waals surface area (Å²) in [6, 6.07) is 0. The predicted octanol–water partition coefficient (Wildman–Crippen LogP) is 3.42. The molecule has 0 aromatic carbocycles. The molecule has 2 unspecified atom stereocenters. The van der Waals surface area contributed by atoms with Gasteiger partial charge in [-0.2, -0.15) is 0 Å². The second-order valence-corrected chi connectivity index (χ2v) is 9.21. The summed E-state index contributed by atoms with van der Waals surface area (Å²) in [7, 11) is 0. The van der Waals surface area contributed by atoms with Gasteiger partial charge in [0, 0.05) is 0 Å². The first kappa shape index (κ1) is 10.2. The summed E-state index contributed by atoms with van der Waals surface area (Å²) >= 11 is 3.07. The van der Waals surface area contributed by atoms with Gasteiger partial charge in [-0.25, -0.2) is 0 Å². The van der Waals surface area contributed by atoms with Crippen molar-refractivity contribution in [1.29, 1.82) is 0 Å². The molecule has 1 aromatic rings. The van der Waals surface area contributed by atoms with Crippen molar-refractivity contribution in [2.45, 2.75) is 62.1 Å². The zero-order valence-corrected chi connectivity index (χ0v) is 12.2. The molecule has 86 valence electrons. The molecule has 1 saturated carbocycles. The number of thiophene rings is 1. The van der Waals surface area contributed by atoms with Gasteiger partial charge in [0.25, 0.3) is 0 Å². The molecule has 2 heterocycles. The third kappa shape index (κ3) is 1.39. The molecule has 0 nitrogen and oxygen atoms in total. The summed E-state index contributed by atoms with van der Waals surface area (Å²) in [5.74, 6) is 1.01. The molecular formula is C14H18SSe. The third-order valence-corrected chi connectivity index (χ3v) is 9.46. The van der Waals surface area contributed by atoms with Crippen LogP contribution in [0.25, 0.3) is 0 Å². The van der Waals surface area contributed by atoms with Crippen LogP contribution in [0.5, 0.6) is 0 Å². The van der Waals surface area contributed by atoms with E-state index in [9.17, 15) is 0 Å². The van der Waals surface area contributed by atoms with E-state index in [4.69, 9.17) is 0 Å². The van der Waals surface area contributed by atoms with Crippen molar-refractivity contribution in [1.82, 2.24) is 0 Å². The topological polar surface area (TPSA) is 0 Å². The molecule has 0 radical (unpaired) electrons. The fourth-order valence-corrected chi connectivity index (χ4v) is 9.44. The normalized spacial score (nSPS) is 32.0. The van der Waals surface area contributed by atoms with Gasteiger partial charge in [0.15, 0.2) is 0 Å². The molecule has 1 aliphatic heterocycles. The number of fused-ring (bicyclic) bond motifs is 5. The first-order chi connectivity index (χ1) is 7.93. The number of rotatable bonds is 0. The van der Waals surface area contributed by atoms with Gasteiger partial charge in [-0.1, -0.05) is 0 Å². The van der Waals surface area contributed by atoms with Gasteiger partial charge in [-0.3, -0.25) is 0 Å². The van der Waals surface area contributed by atoms with Crippen LogP contribution in [0, 0.1) is 0 Å². The van der Waals surface area contributed by atoms with Crippen LogP contribution in [0.2, 0.25) is 4.82 Å². The average molecular weight is 297 g/mol. The maximum atomic E-state index is 2.23. The Morgan fingerprint density at radius 1 is 1.00 bits per heavy atom. The van der Waals surface area contributed by atoms with Crippen molar-refractivity contribution in [3.05, 3.63) is 15.3 Å². The molecule has 0 amide bonds. The summed E-state index contributed by atoms with van der Waals surface area (Å²) < 4.78 is 1.91. The monoisotopic (exact) mass is 298 g/mol. The standard InChI is InChI=1S/C14H18SSe/c1-3-7-11-9(5-1)14-13(15-11)10-6-2-4-8-12(10)16-14/h10,12H,1-8H2. The van der Waals surface area contributed by atoms with Crippen molar-refractivity contribution in [2.75, 3.05) is 0 Å². The van der Waals surface area contributed by atoms with Crippen LogP contribution < -0.4 is 4.46 Å². The molecule has 16 heavy (non-hydrogen) atoms. The Labute approximate surface area is 108 Å². The molecule has 2 heteroatoms. The quantitative estimate of drug-likeness (QED) is 0.644. The zero-order chi connectivity index (χ0) is 10.5. The van der Waals surface area contributed by atoms with E-state index in [0.29, 0.717) is 0 Å². The Balaban J connectivity index is 1.78. The van der Waals surface area contributed by atoms with Crippen molar-refractivity contribution in [3.8, 4) is 0 Å². The average Bonchev–Trinajstić information content (AvgIpc) is 2.85. The maximum absolute atomic E-state index is 2.23. The van der Waals surface area contributed by atoms with E-state index in [2.05, 4.69) is 11.3 Å². The Morgan fingerprint density at radius 3 is 2.88 bits per heavy atom. The SMILES string of the molecule is C1CCc2c(sc3c2[Se]C2CCCCC32)C1. The van der Waals surface area contributed by atoms with Crippen LogP contribution in [-0.4, -0.2) is 15.0 Å². The molecule has 0 N–H and O–H groups in total. The van der Waals surface area contributed by atoms with E-state index >= 15 is 0 Å². The molecule has 0 bridgehead atoms. The van der Waals surface area contributed by atoms with Crippen molar-refractivity contribution in [3.63, 3.8) is 0 Å². The van der Waals surface area contributed by atoms with Crippen molar-refractivity contribution >= 4 is 30.8 Å². The van der Waals surface area contributed by atoms with Gasteiger partial charge in [-0.15, -0.1) is 0 Å². The fraction of sp³-hybridized carbons (Fsp3) is 0.714. The van der Waals surface area contributed by atoms with Crippen LogP contribution in [0.1, 0.15) is 59.8 Å². The zero-order valence-electron chi connectivity index (χ0n) is 9.63. The molecule has 0 spiro atoms. The van der Waals surface area contributed by atoms with Gasteiger partial charge in [-0.05, 0) is 0 Å². The summed E-state index contributed by atoms with van der Waals surface area (Å²) in [4.78, 5) is 4.77. The van der Waals surface area contributed by atoms with E-state index < -0.39 is 0 Å². The first-order valence-electron chi connectivity index (χ1n) is 6.74. The van der Waals surface area contributed by atoms with E-state index in [1.54, 1.807) is 11.3 Å². The van der Waals surface area contributed by atoms with E-state index in [1.165, 1.54) is 44.9 Å². The molecular weight excluding hydrogens is 279 g/mol. The molecule has 2 aliphatic carbocycles. The molecule has 1 fully saturated rings. The molecule has 2 atom stereocenters. The van der Waals surface area contributed by atoms with Crippen LogP contribution in [0.15, 0.2) is 0 Å². The molecule has 3 aliphatic rings. The number of hydrogen-bond acceptors (Lipinski definition) is 1. The van der Waals surface area contributed by atoms with Gasteiger partial charge >= 0.3 is 108 Å². The Hall–Kier alpha value is 0.219. The van der Waals surface area contributed by atoms with Crippen LogP contribution in [0.3, 0.4) is 0 Å². The minimum atomic E-state index is 0.849. The van der Waals surface area contributed by atoms with Crippen LogP contribution in [0.4, 0.5) is 0 Å². The van der Waals surface area contributed by atoms with Crippen LogP contribution in [-0.2, 0) is 12.8 Å². The summed E-state index contributed by atoms with van der Waals surface area (Å²) in [5, 5.41) is 0. The molecule has 1 aromatic heterocycles. The second-order valence-electron chi connectivity index (χ2n) is 5.45. The predicted molar refractivity (Wildman–Crippen MR) is 71.3 cm³/mol. The van der Waals surface area contributed by atoms with E-state index in [-0.39, 0.29) is 0 Å². The van der Waals surface area contributed by atoms with Gasteiger partial charge in [0.05, 0.1) is 0 Å². The summed E-state index contributed by atoms with van der Waals surface area (Å²) in [5.41, 5.74) is 1.85. The second kappa shape index (κ2) is 3.86. The first-order valence-corrected chi connectivity index (χ1v) is 9.41. The number of hydrogen-bond donors (Lipinski definition) is 0. The van der Waals surface area contributed by atoms with Gasteiger partial charge in [0.1, 0.15) is 0 Å². The summed E-state index contributed by atoms with van der Waals surface area (Å²) in [6.45, 7) is 0. The molecule has 4 rings (SSSR count). The fourth-order valence-electron chi connectivity index (χ4n) is 3.62. The van der Waals surface area contributed by atoms with Crippen LogP contribution >= 0.6 is 11.3 Å². The Bertz CT molecular complexity index is 421. The minimum absolute atomic E-state index is 0.849. The van der Waals surface area contributed by atoms with E-state index in [0.717, 1.165) is 25.7 Å². The third-order valence-electron chi connectivity index (χ3n) is 4.46. The summed E-state index contributed by atoms with van der Waals surface area (Å²) in [6.07, 6.45) is 11.8. The van der Waals surface area contributed by atoms with Crippen molar-refractivity contribution in [2.24, 2.45) is 0 Å². The Morgan fingerprint density at radius 2 is 1.88 bits per heavy atom. The molecule has 0 saturated heterocycles. The number of aryl methyl sites for hydroxylation is 1. The Kier molecular flexibility index (Phi) is 2.46. The van der Waals surface area contributed by atoms with Crippen molar-refractivity contribution < 1.29 is 0 Å².